The molecule has 0 atom stereocenters. The Morgan fingerprint density at radius 2 is 1.75 bits per heavy atom. The summed E-state index contributed by atoms with van der Waals surface area (Å²) in [6, 6.07) is 15.2. The molecular formula is C22H20FN3O2. The van der Waals surface area contributed by atoms with Crippen molar-refractivity contribution in [2.75, 3.05) is 18.4 Å². The van der Waals surface area contributed by atoms with Crippen LogP contribution in [0.2, 0.25) is 0 Å². The van der Waals surface area contributed by atoms with E-state index in [0.717, 1.165) is 10.9 Å². The fraction of sp³-hybridized carbons (Fsp3) is 0.227. The normalized spacial score (nSPS) is 14.8. The highest BCUT2D eigenvalue weighted by molar-refractivity contribution is 5.96. The highest BCUT2D eigenvalue weighted by Gasteiger charge is 2.28. The number of rotatable bonds is 3. The number of benzene rings is 2. The monoisotopic (exact) mass is 377 g/mol. The summed E-state index contributed by atoms with van der Waals surface area (Å²) in [5, 5.41) is 3.91. The molecule has 5 nitrogen and oxygen atoms in total. The van der Waals surface area contributed by atoms with Crippen LogP contribution in [0, 0.1) is 11.7 Å². The van der Waals surface area contributed by atoms with Crippen molar-refractivity contribution in [3.8, 4) is 0 Å². The number of pyridine rings is 1. The third-order valence-corrected chi connectivity index (χ3v) is 5.10. The predicted octanol–water partition coefficient (Wildman–Crippen LogP) is 3.86. The van der Waals surface area contributed by atoms with Crippen LogP contribution in [0.1, 0.15) is 23.2 Å². The average Bonchev–Trinajstić information content (AvgIpc) is 2.74. The van der Waals surface area contributed by atoms with E-state index in [2.05, 4.69) is 10.3 Å². The Balaban J connectivity index is 1.35. The number of anilines is 1. The van der Waals surface area contributed by atoms with Crippen molar-refractivity contribution in [1.29, 1.82) is 0 Å². The number of carbonyl (C=O) groups is 2. The van der Waals surface area contributed by atoms with Crippen molar-refractivity contribution in [2.45, 2.75) is 12.8 Å². The third kappa shape index (κ3) is 3.86. The number of likely N-dealkylation sites (tertiary alicyclic amines) is 1. The third-order valence-electron chi connectivity index (χ3n) is 5.10. The molecular weight excluding hydrogens is 357 g/mol. The van der Waals surface area contributed by atoms with Gasteiger partial charge in [-0.3, -0.25) is 14.6 Å². The van der Waals surface area contributed by atoms with Crippen molar-refractivity contribution in [3.63, 3.8) is 0 Å². The van der Waals surface area contributed by atoms with Crippen LogP contribution in [0.15, 0.2) is 60.8 Å². The van der Waals surface area contributed by atoms with Gasteiger partial charge in [0.15, 0.2) is 0 Å². The van der Waals surface area contributed by atoms with Crippen LogP contribution in [0.25, 0.3) is 10.9 Å². The summed E-state index contributed by atoms with van der Waals surface area (Å²) in [4.78, 5) is 31.2. The molecule has 0 spiro atoms. The van der Waals surface area contributed by atoms with Gasteiger partial charge in [0.25, 0.3) is 5.91 Å². The zero-order valence-electron chi connectivity index (χ0n) is 15.3. The number of fused-ring (bicyclic) bond motifs is 1. The highest BCUT2D eigenvalue weighted by atomic mass is 19.1. The van der Waals surface area contributed by atoms with Crippen LogP contribution in [-0.2, 0) is 4.79 Å². The summed E-state index contributed by atoms with van der Waals surface area (Å²) in [5.41, 5.74) is 2.02. The molecule has 1 aromatic heterocycles. The number of hydrogen-bond acceptors (Lipinski definition) is 3. The van der Waals surface area contributed by atoms with E-state index in [4.69, 9.17) is 0 Å². The minimum atomic E-state index is -0.366. The van der Waals surface area contributed by atoms with E-state index in [-0.39, 0.29) is 23.5 Å². The maximum atomic E-state index is 13.0. The second-order valence-electron chi connectivity index (χ2n) is 6.98. The van der Waals surface area contributed by atoms with Crippen LogP contribution < -0.4 is 5.32 Å². The molecule has 2 amide bonds. The van der Waals surface area contributed by atoms with Gasteiger partial charge in [-0.25, -0.2) is 4.39 Å². The minimum absolute atomic E-state index is 0.0500. The Morgan fingerprint density at radius 3 is 2.50 bits per heavy atom. The van der Waals surface area contributed by atoms with E-state index in [1.54, 1.807) is 11.1 Å². The van der Waals surface area contributed by atoms with Gasteiger partial charge in [0.05, 0.1) is 17.4 Å². The first-order valence-electron chi connectivity index (χ1n) is 9.31. The van der Waals surface area contributed by atoms with Crippen LogP contribution in [0.5, 0.6) is 0 Å². The zero-order chi connectivity index (χ0) is 19.5. The number of nitrogens with zero attached hydrogens (tertiary/aromatic N) is 2. The number of aromatic nitrogens is 1. The van der Waals surface area contributed by atoms with Gasteiger partial charge in [0.2, 0.25) is 5.91 Å². The van der Waals surface area contributed by atoms with Crippen molar-refractivity contribution in [3.05, 3.63) is 72.2 Å². The lowest BCUT2D eigenvalue weighted by molar-refractivity contribution is -0.121. The minimum Gasteiger partial charge on any atom is -0.339 e. The Morgan fingerprint density at radius 1 is 1.04 bits per heavy atom. The summed E-state index contributed by atoms with van der Waals surface area (Å²) in [6.45, 7) is 1.01. The molecule has 1 fully saturated rings. The number of piperidine rings is 1. The molecule has 142 valence electrons. The lowest BCUT2D eigenvalue weighted by Crippen LogP contribution is -2.41. The Bertz CT molecular complexity index is 1010. The molecule has 2 heterocycles. The van der Waals surface area contributed by atoms with E-state index in [1.807, 2.05) is 30.3 Å². The maximum absolute atomic E-state index is 13.0. The van der Waals surface area contributed by atoms with Gasteiger partial charge < -0.3 is 10.2 Å². The molecule has 28 heavy (non-hydrogen) atoms. The number of para-hydroxylation sites is 1. The molecule has 1 N–H and O–H groups in total. The summed E-state index contributed by atoms with van der Waals surface area (Å²) in [7, 11) is 0. The second kappa shape index (κ2) is 7.76. The Kier molecular flexibility index (Phi) is 5.02. The van der Waals surface area contributed by atoms with E-state index in [0.29, 0.717) is 37.2 Å². The first kappa shape index (κ1) is 18.1. The molecule has 1 saturated heterocycles. The van der Waals surface area contributed by atoms with E-state index in [9.17, 15) is 14.0 Å². The molecule has 1 aliphatic heterocycles. The summed E-state index contributed by atoms with van der Waals surface area (Å²) < 4.78 is 13.0. The largest absolute Gasteiger partial charge is 0.339 e. The average molecular weight is 377 g/mol. The van der Waals surface area contributed by atoms with Crippen LogP contribution in [0.3, 0.4) is 0 Å². The van der Waals surface area contributed by atoms with Gasteiger partial charge in [-0.15, -0.1) is 0 Å². The summed E-state index contributed by atoms with van der Waals surface area (Å²) in [6.07, 6.45) is 2.85. The first-order chi connectivity index (χ1) is 13.6. The molecule has 4 rings (SSSR count). The number of amides is 2. The maximum Gasteiger partial charge on any atom is 0.253 e. The molecule has 3 aromatic rings. The molecule has 6 heteroatoms. The van der Waals surface area contributed by atoms with Crippen LogP contribution in [-0.4, -0.2) is 34.8 Å². The topological polar surface area (TPSA) is 62.3 Å². The highest BCUT2D eigenvalue weighted by Crippen LogP contribution is 2.22. The van der Waals surface area contributed by atoms with Gasteiger partial charge in [0.1, 0.15) is 5.82 Å². The first-order valence-corrected chi connectivity index (χ1v) is 9.31. The molecule has 0 bridgehead atoms. The fourth-order valence-corrected chi connectivity index (χ4v) is 3.50. The number of nitrogens with one attached hydrogen (secondary N) is 1. The molecule has 0 saturated carbocycles. The number of halogens is 1. The predicted molar refractivity (Wildman–Crippen MR) is 105 cm³/mol. The van der Waals surface area contributed by atoms with Crippen molar-refractivity contribution < 1.29 is 14.0 Å². The van der Waals surface area contributed by atoms with E-state index in [1.165, 1.54) is 24.3 Å². The lowest BCUT2D eigenvalue weighted by Gasteiger charge is -2.31. The Labute approximate surface area is 162 Å². The van der Waals surface area contributed by atoms with Gasteiger partial charge in [0, 0.05) is 30.0 Å². The van der Waals surface area contributed by atoms with Crippen molar-refractivity contribution in [2.24, 2.45) is 5.92 Å². The quantitative estimate of drug-likeness (QED) is 0.754. The van der Waals surface area contributed by atoms with Gasteiger partial charge in [-0.1, -0.05) is 18.2 Å². The van der Waals surface area contributed by atoms with Crippen LogP contribution >= 0.6 is 0 Å². The van der Waals surface area contributed by atoms with Crippen molar-refractivity contribution >= 4 is 28.4 Å². The summed E-state index contributed by atoms with van der Waals surface area (Å²) >= 11 is 0. The van der Waals surface area contributed by atoms with Gasteiger partial charge in [-0.2, -0.15) is 0 Å². The summed E-state index contributed by atoms with van der Waals surface area (Å²) in [5.74, 6) is -0.692. The molecule has 0 radical (unpaired) electrons. The van der Waals surface area contributed by atoms with E-state index < -0.39 is 0 Å². The lowest BCUT2D eigenvalue weighted by atomic mass is 9.95. The molecule has 2 aromatic carbocycles. The number of carbonyl (C=O) groups excluding carboxylic acids is 2. The fourth-order valence-electron chi connectivity index (χ4n) is 3.50. The Hall–Kier alpha value is -3.28. The SMILES string of the molecule is O=C(Nc1cnc2ccccc2c1)C1CCN(C(=O)c2ccc(F)cc2)CC1. The molecule has 0 unspecified atom stereocenters. The van der Waals surface area contributed by atoms with Gasteiger partial charge >= 0.3 is 0 Å². The van der Waals surface area contributed by atoms with Gasteiger partial charge in [-0.05, 0) is 49.2 Å². The smallest absolute Gasteiger partial charge is 0.253 e. The molecule has 1 aliphatic rings. The second-order valence-corrected chi connectivity index (χ2v) is 6.98. The standard InChI is InChI=1S/C22H20FN3O2/c23-18-7-5-16(6-8-18)22(28)26-11-9-15(10-12-26)21(27)25-19-13-17-3-1-2-4-20(17)24-14-19/h1-8,13-15H,9-12H2,(H,25,27). The molecule has 0 aliphatic carbocycles. The van der Waals surface area contributed by atoms with E-state index >= 15 is 0 Å². The zero-order valence-corrected chi connectivity index (χ0v) is 15.3. The van der Waals surface area contributed by atoms with Crippen LogP contribution in [0.4, 0.5) is 10.1 Å². The number of hydrogen-bond donors (Lipinski definition) is 1. The van der Waals surface area contributed by atoms with Crippen molar-refractivity contribution in [1.82, 2.24) is 9.88 Å².